The lowest BCUT2D eigenvalue weighted by atomic mass is 9.98. The molecule has 1 unspecified atom stereocenters. The smallest absolute Gasteiger partial charge is 0.0808 e. The fourth-order valence-electron chi connectivity index (χ4n) is 2.54. The summed E-state index contributed by atoms with van der Waals surface area (Å²) in [5.74, 6) is 0. The van der Waals surface area contributed by atoms with Crippen molar-refractivity contribution >= 4 is 10.8 Å². The van der Waals surface area contributed by atoms with E-state index < -0.39 is 0 Å². The van der Waals surface area contributed by atoms with Crippen molar-refractivity contribution in [2.45, 2.75) is 26.4 Å². The van der Waals surface area contributed by atoms with Crippen LogP contribution < -0.4 is 0 Å². The second-order valence-electron chi connectivity index (χ2n) is 4.90. The van der Waals surface area contributed by atoms with Crippen LogP contribution in [-0.4, -0.2) is 29.6 Å². The Kier molecular flexibility index (Phi) is 4.94. The normalized spacial score (nSPS) is 13.1. The zero-order valence-electron chi connectivity index (χ0n) is 11.8. The van der Waals surface area contributed by atoms with Crippen LogP contribution in [0.4, 0.5) is 0 Å². The molecule has 0 heterocycles. The number of fused-ring (bicyclic) bond motifs is 1. The van der Waals surface area contributed by atoms with Crippen molar-refractivity contribution in [1.29, 1.82) is 0 Å². The molecular formula is C17H23NO. The first kappa shape index (κ1) is 14.0. The Balaban J connectivity index is 2.15. The van der Waals surface area contributed by atoms with Crippen LogP contribution in [0.2, 0.25) is 0 Å². The van der Waals surface area contributed by atoms with Crippen LogP contribution in [0, 0.1) is 0 Å². The summed E-state index contributed by atoms with van der Waals surface area (Å²) in [7, 11) is 0. The third kappa shape index (κ3) is 3.34. The molecule has 1 atom stereocenters. The van der Waals surface area contributed by atoms with Gasteiger partial charge in [-0.3, -0.25) is 0 Å². The molecule has 0 amide bonds. The Bertz CT molecular complexity index is 514. The van der Waals surface area contributed by atoms with Gasteiger partial charge in [0, 0.05) is 6.54 Å². The van der Waals surface area contributed by atoms with Crippen LogP contribution in [0.3, 0.4) is 0 Å². The maximum atomic E-state index is 10.4. The van der Waals surface area contributed by atoms with Crippen LogP contribution in [-0.2, 0) is 0 Å². The van der Waals surface area contributed by atoms with E-state index >= 15 is 0 Å². The fourth-order valence-corrected chi connectivity index (χ4v) is 2.54. The molecule has 0 fully saturated rings. The molecule has 0 aliphatic rings. The average Bonchev–Trinajstić information content (AvgIpc) is 2.47. The molecule has 19 heavy (non-hydrogen) atoms. The number of aliphatic hydroxyl groups is 1. The van der Waals surface area contributed by atoms with E-state index in [1.165, 1.54) is 5.39 Å². The summed E-state index contributed by atoms with van der Waals surface area (Å²) in [4.78, 5) is 2.34. The molecule has 2 nitrogen and oxygen atoms in total. The Morgan fingerprint density at radius 2 is 1.68 bits per heavy atom. The molecule has 0 radical (unpaired) electrons. The van der Waals surface area contributed by atoms with Crippen LogP contribution >= 0.6 is 0 Å². The Hall–Kier alpha value is -1.38. The molecule has 0 spiro atoms. The predicted molar refractivity (Wildman–Crippen MR) is 81.3 cm³/mol. The van der Waals surface area contributed by atoms with Crippen molar-refractivity contribution in [2.24, 2.45) is 0 Å². The summed E-state index contributed by atoms with van der Waals surface area (Å²) in [5.41, 5.74) is 1.05. The molecule has 2 aromatic carbocycles. The Morgan fingerprint density at radius 1 is 1.00 bits per heavy atom. The second kappa shape index (κ2) is 6.69. The Labute approximate surface area is 115 Å². The van der Waals surface area contributed by atoms with Crippen LogP contribution in [0.25, 0.3) is 10.8 Å². The molecule has 102 valence electrons. The predicted octanol–water partition coefficient (Wildman–Crippen LogP) is 3.61. The van der Waals surface area contributed by atoms with Crippen molar-refractivity contribution in [3.8, 4) is 0 Å². The number of rotatable bonds is 6. The zero-order valence-corrected chi connectivity index (χ0v) is 11.8. The summed E-state index contributed by atoms with van der Waals surface area (Å²) in [6, 6.07) is 14.4. The van der Waals surface area contributed by atoms with E-state index in [4.69, 9.17) is 0 Å². The van der Waals surface area contributed by atoms with Gasteiger partial charge in [-0.1, -0.05) is 56.3 Å². The highest BCUT2D eigenvalue weighted by molar-refractivity contribution is 5.85. The summed E-state index contributed by atoms with van der Waals surface area (Å²) in [6.07, 6.45) is 0.405. The van der Waals surface area contributed by atoms with E-state index in [1.54, 1.807) is 0 Å². The van der Waals surface area contributed by atoms with E-state index in [0.29, 0.717) is 0 Å². The molecule has 2 heteroatoms. The van der Waals surface area contributed by atoms with Gasteiger partial charge in [0.2, 0.25) is 0 Å². The summed E-state index contributed by atoms with van der Waals surface area (Å²) in [6.45, 7) is 7.34. The highest BCUT2D eigenvalue weighted by Gasteiger charge is 2.12. The van der Waals surface area contributed by atoms with E-state index in [9.17, 15) is 5.11 Å². The SMILES string of the molecule is CCN(CC)CCC(O)c1cccc2ccccc12. The van der Waals surface area contributed by atoms with Crippen molar-refractivity contribution in [3.05, 3.63) is 48.0 Å². The summed E-state index contributed by atoms with van der Waals surface area (Å²) in [5, 5.41) is 12.8. The van der Waals surface area contributed by atoms with E-state index in [-0.39, 0.29) is 6.10 Å². The molecule has 0 bridgehead atoms. The number of hydrogen-bond acceptors (Lipinski definition) is 2. The number of nitrogens with zero attached hydrogens (tertiary/aromatic N) is 1. The highest BCUT2D eigenvalue weighted by Crippen LogP contribution is 2.26. The molecule has 2 aromatic rings. The lowest BCUT2D eigenvalue weighted by Crippen LogP contribution is -2.25. The van der Waals surface area contributed by atoms with Crippen molar-refractivity contribution in [2.75, 3.05) is 19.6 Å². The van der Waals surface area contributed by atoms with E-state index in [2.05, 4.69) is 36.9 Å². The van der Waals surface area contributed by atoms with Gasteiger partial charge in [-0.05, 0) is 35.8 Å². The quantitative estimate of drug-likeness (QED) is 0.854. The van der Waals surface area contributed by atoms with Gasteiger partial charge in [-0.2, -0.15) is 0 Å². The highest BCUT2D eigenvalue weighted by atomic mass is 16.3. The minimum Gasteiger partial charge on any atom is -0.388 e. The van der Waals surface area contributed by atoms with Gasteiger partial charge >= 0.3 is 0 Å². The maximum absolute atomic E-state index is 10.4. The van der Waals surface area contributed by atoms with E-state index in [1.807, 2.05) is 24.3 Å². The van der Waals surface area contributed by atoms with Gasteiger partial charge in [-0.25, -0.2) is 0 Å². The van der Waals surface area contributed by atoms with E-state index in [0.717, 1.165) is 37.0 Å². The number of benzene rings is 2. The first-order chi connectivity index (χ1) is 9.26. The van der Waals surface area contributed by atoms with Gasteiger partial charge in [0.1, 0.15) is 0 Å². The summed E-state index contributed by atoms with van der Waals surface area (Å²) < 4.78 is 0. The van der Waals surface area contributed by atoms with Crippen molar-refractivity contribution in [1.82, 2.24) is 4.90 Å². The van der Waals surface area contributed by atoms with Gasteiger partial charge in [0.25, 0.3) is 0 Å². The fraction of sp³-hybridized carbons (Fsp3) is 0.412. The summed E-state index contributed by atoms with van der Waals surface area (Å²) >= 11 is 0. The van der Waals surface area contributed by atoms with Gasteiger partial charge in [0.05, 0.1) is 6.10 Å². The van der Waals surface area contributed by atoms with Crippen molar-refractivity contribution in [3.63, 3.8) is 0 Å². The zero-order chi connectivity index (χ0) is 13.7. The first-order valence-electron chi connectivity index (χ1n) is 7.14. The molecule has 2 rings (SSSR count). The standard InChI is InChI=1S/C17H23NO/c1-3-18(4-2)13-12-17(19)16-11-7-9-14-8-5-6-10-15(14)16/h5-11,17,19H,3-4,12-13H2,1-2H3. The second-order valence-corrected chi connectivity index (χ2v) is 4.90. The lowest BCUT2D eigenvalue weighted by Gasteiger charge is -2.21. The molecule has 0 aliphatic carbocycles. The van der Waals surface area contributed by atoms with Crippen LogP contribution in [0.5, 0.6) is 0 Å². The molecule has 0 saturated heterocycles. The monoisotopic (exact) mass is 257 g/mol. The third-order valence-electron chi connectivity index (χ3n) is 3.80. The number of hydrogen-bond donors (Lipinski definition) is 1. The molecule has 0 saturated carbocycles. The minimum atomic E-state index is -0.383. The first-order valence-corrected chi connectivity index (χ1v) is 7.14. The topological polar surface area (TPSA) is 23.5 Å². The Morgan fingerprint density at radius 3 is 2.42 bits per heavy atom. The van der Waals surface area contributed by atoms with Crippen LogP contribution in [0.1, 0.15) is 31.9 Å². The molecule has 0 aromatic heterocycles. The molecule has 1 N–H and O–H groups in total. The third-order valence-corrected chi connectivity index (χ3v) is 3.80. The van der Waals surface area contributed by atoms with Crippen LogP contribution in [0.15, 0.2) is 42.5 Å². The maximum Gasteiger partial charge on any atom is 0.0808 e. The van der Waals surface area contributed by atoms with Gasteiger partial charge in [0.15, 0.2) is 0 Å². The minimum absolute atomic E-state index is 0.383. The number of aliphatic hydroxyl groups excluding tert-OH is 1. The lowest BCUT2D eigenvalue weighted by molar-refractivity contribution is 0.146. The largest absolute Gasteiger partial charge is 0.388 e. The average molecular weight is 257 g/mol. The molecular weight excluding hydrogens is 234 g/mol. The molecule has 0 aliphatic heterocycles. The van der Waals surface area contributed by atoms with Gasteiger partial charge in [-0.15, -0.1) is 0 Å². The van der Waals surface area contributed by atoms with Crippen molar-refractivity contribution < 1.29 is 5.11 Å². The van der Waals surface area contributed by atoms with Gasteiger partial charge < -0.3 is 10.0 Å².